The Kier molecular flexibility index (Phi) is 6.48. The molecule has 1 aromatic heterocycles. The molecule has 0 radical (unpaired) electrons. The molecule has 0 spiro atoms. The molecule has 1 fully saturated rings. The first kappa shape index (κ1) is 23.0. The van der Waals surface area contributed by atoms with Crippen molar-refractivity contribution in [1.29, 1.82) is 0 Å². The van der Waals surface area contributed by atoms with Gasteiger partial charge in [0.25, 0.3) is 0 Å². The second-order valence-electron chi connectivity index (χ2n) is 9.84. The molecular formula is C23H36N2O4Si. The summed E-state index contributed by atoms with van der Waals surface area (Å²) in [6, 6.07) is 8.03. The van der Waals surface area contributed by atoms with Gasteiger partial charge in [-0.05, 0) is 29.8 Å². The van der Waals surface area contributed by atoms with Gasteiger partial charge in [-0.25, -0.2) is 0 Å². The van der Waals surface area contributed by atoms with E-state index in [0.717, 1.165) is 16.5 Å². The van der Waals surface area contributed by atoms with Gasteiger partial charge in [0.05, 0.1) is 18.8 Å². The van der Waals surface area contributed by atoms with Crippen LogP contribution in [0.2, 0.25) is 18.1 Å². The third kappa shape index (κ3) is 4.35. The lowest BCUT2D eigenvalue weighted by Gasteiger charge is -2.39. The predicted molar refractivity (Wildman–Crippen MR) is 122 cm³/mol. The molecule has 6 nitrogen and oxygen atoms in total. The third-order valence-electron chi connectivity index (χ3n) is 6.59. The highest BCUT2D eigenvalue weighted by Gasteiger charge is 2.51. The molecule has 1 amide bonds. The lowest BCUT2D eigenvalue weighted by Crippen LogP contribution is -2.51. The topological polar surface area (TPSA) is 61.7 Å². The number of ether oxygens (including phenoxy) is 2. The largest absolute Gasteiger partial charge is 0.391 e. The Hall–Kier alpha value is -1.67. The number of carbonyl (C=O) groups excluding carboxylic acids is 1. The van der Waals surface area contributed by atoms with Crippen LogP contribution in [0.4, 0.5) is 0 Å². The van der Waals surface area contributed by atoms with Crippen LogP contribution in [0.25, 0.3) is 10.9 Å². The summed E-state index contributed by atoms with van der Waals surface area (Å²) in [5.74, 6) is -0.162. The van der Waals surface area contributed by atoms with Crippen molar-refractivity contribution in [2.75, 3.05) is 13.7 Å². The zero-order valence-electron chi connectivity index (χ0n) is 19.5. The minimum Gasteiger partial charge on any atom is -0.391 e. The van der Waals surface area contributed by atoms with E-state index in [2.05, 4.69) is 62.1 Å². The molecule has 1 saturated heterocycles. The first-order valence-electron chi connectivity index (χ1n) is 10.6. The Morgan fingerprint density at radius 3 is 2.53 bits per heavy atom. The fourth-order valence-corrected chi connectivity index (χ4v) is 5.18. The molecule has 166 valence electrons. The maximum Gasteiger partial charge on any atom is 0.217 e. The SMILES string of the molecule is COC[C@H]1O[C@@H](O[Si](C)(C)C(C)(C)C)[C@@H](NC(C)=O)[C@@H]1c1cn(C)c2ccccc12. The van der Waals surface area contributed by atoms with Crippen molar-refractivity contribution in [2.45, 2.75) is 70.2 Å². The van der Waals surface area contributed by atoms with Gasteiger partial charge in [-0.15, -0.1) is 0 Å². The number of fused-ring (bicyclic) bond motifs is 1. The van der Waals surface area contributed by atoms with Crippen molar-refractivity contribution in [3.05, 3.63) is 36.0 Å². The zero-order chi connectivity index (χ0) is 22.3. The van der Waals surface area contributed by atoms with E-state index < -0.39 is 14.6 Å². The van der Waals surface area contributed by atoms with Crippen molar-refractivity contribution >= 4 is 25.1 Å². The van der Waals surface area contributed by atoms with Crippen LogP contribution in [0, 0.1) is 0 Å². The van der Waals surface area contributed by atoms with Crippen LogP contribution >= 0.6 is 0 Å². The Labute approximate surface area is 181 Å². The number of aryl methyl sites for hydroxylation is 1. The molecule has 2 aromatic rings. The monoisotopic (exact) mass is 432 g/mol. The number of amides is 1. The molecule has 1 aliphatic heterocycles. The van der Waals surface area contributed by atoms with E-state index in [1.165, 1.54) is 0 Å². The van der Waals surface area contributed by atoms with Gasteiger partial charge >= 0.3 is 0 Å². The zero-order valence-corrected chi connectivity index (χ0v) is 20.5. The fraction of sp³-hybridized carbons (Fsp3) is 0.609. The number of aromatic nitrogens is 1. The Bertz CT molecular complexity index is 902. The third-order valence-corrected chi connectivity index (χ3v) is 11.0. The first-order chi connectivity index (χ1) is 14.0. The molecule has 1 aliphatic rings. The molecule has 30 heavy (non-hydrogen) atoms. The average Bonchev–Trinajstić information content (AvgIpc) is 3.12. The number of hydrogen-bond acceptors (Lipinski definition) is 4. The second kappa shape index (κ2) is 8.46. The van der Waals surface area contributed by atoms with Gasteiger partial charge in [0, 0.05) is 44.1 Å². The molecule has 1 N–H and O–H groups in total. The summed E-state index contributed by atoms with van der Waals surface area (Å²) in [5, 5.41) is 4.34. The van der Waals surface area contributed by atoms with Crippen molar-refractivity contribution < 1.29 is 18.7 Å². The van der Waals surface area contributed by atoms with E-state index in [1.807, 2.05) is 19.2 Å². The number of carbonyl (C=O) groups is 1. The highest BCUT2D eigenvalue weighted by molar-refractivity contribution is 6.74. The van der Waals surface area contributed by atoms with Crippen LogP contribution in [0.1, 0.15) is 39.2 Å². The number of benzene rings is 1. The number of rotatable bonds is 6. The maximum atomic E-state index is 12.2. The number of para-hydroxylation sites is 1. The van der Waals surface area contributed by atoms with E-state index in [-0.39, 0.29) is 29.0 Å². The van der Waals surface area contributed by atoms with Gasteiger partial charge < -0.3 is 23.8 Å². The van der Waals surface area contributed by atoms with E-state index in [4.69, 9.17) is 13.9 Å². The number of hydrogen-bond donors (Lipinski definition) is 1. The highest BCUT2D eigenvalue weighted by atomic mass is 28.4. The molecule has 1 aromatic carbocycles. The maximum absolute atomic E-state index is 12.2. The van der Waals surface area contributed by atoms with Gasteiger partial charge in [0.1, 0.15) is 0 Å². The quantitative estimate of drug-likeness (QED) is 0.696. The molecule has 0 saturated carbocycles. The molecule has 3 rings (SSSR count). The normalized spacial score (nSPS) is 25.1. The van der Waals surface area contributed by atoms with Crippen molar-refractivity contribution in [1.82, 2.24) is 9.88 Å². The fourth-order valence-electron chi connectivity index (χ4n) is 4.04. The molecule has 0 aliphatic carbocycles. The summed E-state index contributed by atoms with van der Waals surface area (Å²) >= 11 is 0. The highest BCUT2D eigenvalue weighted by Crippen LogP contribution is 2.44. The molecule has 0 unspecified atom stereocenters. The van der Waals surface area contributed by atoms with E-state index in [1.54, 1.807) is 14.0 Å². The summed E-state index contributed by atoms with van der Waals surface area (Å²) in [5.41, 5.74) is 2.30. The molecule has 2 heterocycles. The van der Waals surface area contributed by atoms with E-state index in [0.29, 0.717) is 6.61 Å². The minimum atomic E-state index is -2.12. The first-order valence-corrected chi connectivity index (χ1v) is 13.5. The lowest BCUT2D eigenvalue weighted by molar-refractivity contribution is -0.125. The number of nitrogens with one attached hydrogen (secondary N) is 1. The Morgan fingerprint density at radius 1 is 1.27 bits per heavy atom. The minimum absolute atomic E-state index is 0.0332. The summed E-state index contributed by atoms with van der Waals surface area (Å²) in [6.45, 7) is 13.0. The molecule has 4 atom stereocenters. The van der Waals surface area contributed by atoms with Gasteiger partial charge in [-0.1, -0.05) is 39.0 Å². The Morgan fingerprint density at radius 2 is 1.93 bits per heavy atom. The van der Waals surface area contributed by atoms with Gasteiger partial charge in [-0.2, -0.15) is 0 Å². The van der Waals surface area contributed by atoms with Crippen LogP contribution in [-0.2, 0) is 25.7 Å². The number of nitrogens with zero attached hydrogens (tertiary/aromatic N) is 1. The molecular weight excluding hydrogens is 396 g/mol. The number of methoxy groups -OCH3 is 1. The summed E-state index contributed by atoms with van der Waals surface area (Å²) < 4.78 is 20.7. The van der Waals surface area contributed by atoms with E-state index in [9.17, 15) is 4.79 Å². The van der Waals surface area contributed by atoms with E-state index >= 15 is 0 Å². The van der Waals surface area contributed by atoms with Crippen LogP contribution in [-0.4, -0.2) is 50.9 Å². The Balaban J connectivity index is 2.07. The van der Waals surface area contributed by atoms with Crippen molar-refractivity contribution in [3.63, 3.8) is 0 Å². The van der Waals surface area contributed by atoms with Crippen molar-refractivity contribution in [3.8, 4) is 0 Å². The summed E-state index contributed by atoms with van der Waals surface area (Å²) in [6.07, 6.45) is 1.41. The molecule has 7 heteroatoms. The lowest BCUT2D eigenvalue weighted by atomic mass is 9.88. The van der Waals surface area contributed by atoms with Gasteiger partial charge in [-0.3, -0.25) is 4.79 Å². The summed E-state index contributed by atoms with van der Waals surface area (Å²) in [7, 11) is 1.61. The van der Waals surface area contributed by atoms with Crippen molar-refractivity contribution in [2.24, 2.45) is 7.05 Å². The van der Waals surface area contributed by atoms with Gasteiger partial charge in [0.15, 0.2) is 14.6 Å². The van der Waals surface area contributed by atoms with Crippen LogP contribution in [0.3, 0.4) is 0 Å². The van der Waals surface area contributed by atoms with Crippen LogP contribution < -0.4 is 5.32 Å². The average molecular weight is 433 g/mol. The smallest absolute Gasteiger partial charge is 0.217 e. The van der Waals surface area contributed by atoms with Crippen LogP contribution in [0.15, 0.2) is 30.5 Å². The standard InChI is InChI=1S/C23H36N2O4Si/c1-15(26)24-21-20(17-13-25(5)18-12-10-9-11-16(17)18)19(14-27-6)28-22(21)29-30(7,8)23(2,3)4/h9-13,19-22H,14H2,1-8H3,(H,24,26)/t19-,20-,21+,22+/m1/s1. The molecule has 0 bridgehead atoms. The second-order valence-corrected chi connectivity index (χ2v) is 14.6. The van der Waals surface area contributed by atoms with Crippen LogP contribution in [0.5, 0.6) is 0 Å². The summed E-state index contributed by atoms with van der Waals surface area (Å²) in [4.78, 5) is 12.2. The van der Waals surface area contributed by atoms with Gasteiger partial charge in [0.2, 0.25) is 5.91 Å². The predicted octanol–water partition coefficient (Wildman–Crippen LogP) is 4.16.